The zero-order chi connectivity index (χ0) is 11.8. The Morgan fingerprint density at radius 2 is 2.06 bits per heavy atom. The maximum absolute atomic E-state index is 11.3. The Bertz CT molecular complexity index is 260. The molecule has 1 aliphatic rings. The molecule has 1 fully saturated rings. The van der Waals surface area contributed by atoms with Crippen LogP contribution in [0.2, 0.25) is 0 Å². The highest BCUT2D eigenvalue weighted by Gasteiger charge is 2.10. The van der Waals surface area contributed by atoms with E-state index in [-0.39, 0.29) is 5.97 Å². The number of esters is 1. The number of hydrogen-bond donors (Lipinski definition) is 0. The van der Waals surface area contributed by atoms with Crippen molar-refractivity contribution in [3.63, 3.8) is 0 Å². The molecule has 0 N–H and O–H groups in total. The Kier molecular flexibility index (Phi) is 5.91. The highest BCUT2D eigenvalue weighted by atomic mass is 16.5. The molecule has 0 aromatic carbocycles. The number of allylic oxidation sites excluding steroid dienone is 1. The molecule has 0 aliphatic heterocycles. The van der Waals surface area contributed by atoms with E-state index in [1.807, 2.05) is 13.0 Å². The lowest BCUT2D eigenvalue weighted by Crippen LogP contribution is -2.06. The minimum atomic E-state index is -0.216. The molecule has 0 aromatic heterocycles. The maximum atomic E-state index is 11.3. The summed E-state index contributed by atoms with van der Waals surface area (Å²) in [6.45, 7) is 6.15. The van der Waals surface area contributed by atoms with Gasteiger partial charge in [0.15, 0.2) is 0 Å². The summed E-state index contributed by atoms with van der Waals surface area (Å²) in [6, 6.07) is 0. The number of hydrogen-bond acceptors (Lipinski definition) is 2. The van der Waals surface area contributed by atoms with Gasteiger partial charge in [-0.25, -0.2) is 4.79 Å². The van der Waals surface area contributed by atoms with Crippen LogP contribution < -0.4 is 0 Å². The van der Waals surface area contributed by atoms with Crippen LogP contribution in [-0.2, 0) is 9.53 Å². The third-order valence-electron chi connectivity index (χ3n) is 2.93. The summed E-state index contributed by atoms with van der Waals surface area (Å²) in [6.07, 6.45) is 10.7. The van der Waals surface area contributed by atoms with E-state index in [9.17, 15) is 4.79 Å². The van der Waals surface area contributed by atoms with Crippen molar-refractivity contribution in [1.82, 2.24) is 0 Å². The summed E-state index contributed by atoms with van der Waals surface area (Å²) in [4.78, 5) is 11.3. The second kappa shape index (κ2) is 7.26. The molecule has 0 amide bonds. The third kappa shape index (κ3) is 5.74. The topological polar surface area (TPSA) is 26.3 Å². The molecular weight excluding hydrogens is 200 g/mol. The lowest BCUT2D eigenvalue weighted by molar-refractivity contribution is -0.137. The fourth-order valence-corrected chi connectivity index (χ4v) is 1.92. The molecule has 0 bridgehead atoms. The van der Waals surface area contributed by atoms with Crippen LogP contribution in [-0.4, -0.2) is 12.6 Å². The van der Waals surface area contributed by atoms with Crippen molar-refractivity contribution in [2.75, 3.05) is 6.61 Å². The van der Waals surface area contributed by atoms with Gasteiger partial charge in [0.25, 0.3) is 0 Å². The van der Waals surface area contributed by atoms with Crippen LogP contribution in [0.25, 0.3) is 0 Å². The second-order valence-corrected chi connectivity index (χ2v) is 4.63. The van der Waals surface area contributed by atoms with E-state index in [1.165, 1.54) is 32.1 Å². The van der Waals surface area contributed by atoms with Gasteiger partial charge < -0.3 is 4.74 Å². The van der Waals surface area contributed by atoms with Crippen LogP contribution >= 0.6 is 0 Å². The predicted molar refractivity (Wildman–Crippen MR) is 66.1 cm³/mol. The van der Waals surface area contributed by atoms with Crippen molar-refractivity contribution in [3.8, 4) is 0 Å². The number of ether oxygens (including phenoxy) is 1. The summed E-state index contributed by atoms with van der Waals surface area (Å²) in [7, 11) is 0. The van der Waals surface area contributed by atoms with E-state index in [2.05, 4.69) is 6.58 Å². The van der Waals surface area contributed by atoms with E-state index < -0.39 is 0 Å². The van der Waals surface area contributed by atoms with Gasteiger partial charge in [-0.1, -0.05) is 30.9 Å². The quantitative estimate of drug-likeness (QED) is 0.403. The van der Waals surface area contributed by atoms with Crippen molar-refractivity contribution in [2.24, 2.45) is 5.92 Å². The van der Waals surface area contributed by atoms with Gasteiger partial charge in [0.1, 0.15) is 0 Å². The highest BCUT2D eigenvalue weighted by Crippen LogP contribution is 2.24. The van der Waals surface area contributed by atoms with Crippen molar-refractivity contribution >= 4 is 5.97 Å². The lowest BCUT2D eigenvalue weighted by Gasteiger charge is -2.17. The monoisotopic (exact) mass is 222 g/mol. The number of carbonyl (C=O) groups is 1. The average molecular weight is 222 g/mol. The molecule has 0 radical (unpaired) electrons. The summed E-state index contributed by atoms with van der Waals surface area (Å²) in [5.41, 5.74) is 1.05. The molecule has 0 heterocycles. The van der Waals surface area contributed by atoms with Gasteiger partial charge in [0, 0.05) is 12.5 Å². The summed E-state index contributed by atoms with van der Waals surface area (Å²) in [5.74, 6) is 0.370. The number of carbonyl (C=O) groups excluding carboxylic acids is 1. The van der Waals surface area contributed by atoms with E-state index in [0.29, 0.717) is 12.5 Å². The first-order chi connectivity index (χ1) is 7.68. The van der Waals surface area contributed by atoms with E-state index >= 15 is 0 Å². The van der Waals surface area contributed by atoms with E-state index in [0.717, 1.165) is 12.0 Å². The summed E-state index contributed by atoms with van der Waals surface area (Å²) < 4.78 is 5.06. The molecule has 1 aliphatic carbocycles. The van der Waals surface area contributed by atoms with Gasteiger partial charge in [0.2, 0.25) is 0 Å². The van der Waals surface area contributed by atoms with Crippen molar-refractivity contribution in [2.45, 2.75) is 45.4 Å². The molecule has 2 nitrogen and oxygen atoms in total. The zero-order valence-electron chi connectivity index (χ0n) is 10.2. The van der Waals surface area contributed by atoms with Crippen LogP contribution in [0.3, 0.4) is 0 Å². The fraction of sp³-hybridized carbons (Fsp3) is 0.643. The van der Waals surface area contributed by atoms with Gasteiger partial charge in [-0.15, -0.1) is 6.58 Å². The largest absolute Gasteiger partial charge is 0.462 e. The van der Waals surface area contributed by atoms with E-state index in [1.54, 1.807) is 6.08 Å². The Hall–Kier alpha value is -1.05. The maximum Gasteiger partial charge on any atom is 0.330 e. The van der Waals surface area contributed by atoms with Gasteiger partial charge in [-0.2, -0.15) is 0 Å². The van der Waals surface area contributed by atoms with Gasteiger partial charge in [-0.05, 0) is 25.7 Å². The minimum Gasteiger partial charge on any atom is -0.462 e. The summed E-state index contributed by atoms with van der Waals surface area (Å²) in [5, 5.41) is 0. The smallest absolute Gasteiger partial charge is 0.330 e. The fourth-order valence-electron chi connectivity index (χ4n) is 1.92. The predicted octanol–water partition coefficient (Wildman–Crippen LogP) is 3.63. The SMILES string of the molecule is C=C(C)CCOC(=O)C=CC1CCCCC1. The van der Waals surface area contributed by atoms with Crippen molar-refractivity contribution in [1.29, 1.82) is 0 Å². The molecule has 0 unspecified atom stereocenters. The molecule has 2 heteroatoms. The normalized spacial score (nSPS) is 17.6. The molecular formula is C14H22O2. The lowest BCUT2D eigenvalue weighted by atomic mass is 9.89. The second-order valence-electron chi connectivity index (χ2n) is 4.63. The molecule has 0 saturated heterocycles. The third-order valence-corrected chi connectivity index (χ3v) is 2.93. The van der Waals surface area contributed by atoms with Gasteiger partial charge >= 0.3 is 5.97 Å². The summed E-state index contributed by atoms with van der Waals surface area (Å²) >= 11 is 0. The van der Waals surface area contributed by atoms with Gasteiger partial charge in [0.05, 0.1) is 6.61 Å². The molecule has 1 saturated carbocycles. The Balaban J connectivity index is 2.16. The van der Waals surface area contributed by atoms with Crippen molar-refractivity contribution in [3.05, 3.63) is 24.3 Å². The molecule has 0 atom stereocenters. The molecule has 1 rings (SSSR count). The standard InChI is InChI=1S/C14H22O2/c1-12(2)10-11-16-14(15)9-8-13-6-4-3-5-7-13/h8-9,13H,1,3-7,10-11H2,2H3. The Morgan fingerprint density at radius 3 is 2.69 bits per heavy atom. The zero-order valence-corrected chi connectivity index (χ0v) is 10.2. The molecule has 90 valence electrons. The minimum absolute atomic E-state index is 0.216. The van der Waals surface area contributed by atoms with Gasteiger partial charge in [-0.3, -0.25) is 0 Å². The van der Waals surface area contributed by atoms with Crippen LogP contribution in [0.1, 0.15) is 45.4 Å². The first-order valence-electron chi connectivity index (χ1n) is 6.18. The molecule has 0 spiro atoms. The molecule has 0 aromatic rings. The van der Waals surface area contributed by atoms with Crippen molar-refractivity contribution < 1.29 is 9.53 Å². The first-order valence-corrected chi connectivity index (χ1v) is 6.18. The van der Waals surface area contributed by atoms with Crippen LogP contribution in [0.4, 0.5) is 0 Å². The first kappa shape index (κ1) is 13.0. The Morgan fingerprint density at radius 1 is 1.38 bits per heavy atom. The molecule has 16 heavy (non-hydrogen) atoms. The average Bonchev–Trinajstić information content (AvgIpc) is 2.27. The highest BCUT2D eigenvalue weighted by molar-refractivity contribution is 5.81. The Labute approximate surface area is 98.4 Å². The van der Waals surface area contributed by atoms with Crippen LogP contribution in [0.5, 0.6) is 0 Å². The van der Waals surface area contributed by atoms with E-state index in [4.69, 9.17) is 4.74 Å². The van der Waals surface area contributed by atoms with Crippen LogP contribution in [0, 0.1) is 5.92 Å². The van der Waals surface area contributed by atoms with Crippen LogP contribution in [0.15, 0.2) is 24.3 Å². The number of rotatable bonds is 5.